The van der Waals surface area contributed by atoms with Crippen LogP contribution in [0.25, 0.3) is 0 Å². The molecule has 0 saturated carbocycles. The molecule has 5 nitrogen and oxygen atoms in total. The van der Waals surface area contributed by atoms with E-state index >= 15 is 0 Å². The topological polar surface area (TPSA) is 79.2 Å². The summed E-state index contributed by atoms with van der Waals surface area (Å²) in [5, 5.41) is 30.1. The van der Waals surface area contributed by atoms with E-state index in [0.717, 1.165) is 22.3 Å². The van der Waals surface area contributed by atoms with Crippen LogP contribution >= 0.6 is 0 Å². The van der Waals surface area contributed by atoms with E-state index in [1.54, 1.807) is 18.2 Å². The fraction of sp³-hybridized carbons (Fsp3) is 0.250. The zero-order valence-corrected chi connectivity index (χ0v) is 16.6. The van der Waals surface area contributed by atoms with Gasteiger partial charge in [-0.05, 0) is 54.8 Å². The van der Waals surface area contributed by atoms with Crippen molar-refractivity contribution in [1.82, 2.24) is 0 Å². The molecule has 4 rings (SSSR count). The minimum Gasteiger partial charge on any atom is -0.508 e. The number of rotatable bonds is 3. The first-order valence-electron chi connectivity index (χ1n) is 9.52. The van der Waals surface area contributed by atoms with Crippen molar-refractivity contribution in [3.8, 4) is 28.7 Å². The van der Waals surface area contributed by atoms with Gasteiger partial charge in [0.1, 0.15) is 17.2 Å². The quantitative estimate of drug-likeness (QED) is 0.600. The lowest BCUT2D eigenvalue weighted by Gasteiger charge is -2.35. The third-order valence-corrected chi connectivity index (χ3v) is 5.74. The molecule has 0 aromatic heterocycles. The second kappa shape index (κ2) is 7.24. The number of hydrogen-bond donors (Lipinski definition) is 3. The second-order valence-corrected chi connectivity index (χ2v) is 7.50. The highest BCUT2D eigenvalue weighted by Crippen LogP contribution is 2.49. The lowest BCUT2D eigenvalue weighted by atomic mass is 9.75. The van der Waals surface area contributed by atoms with Gasteiger partial charge in [-0.2, -0.15) is 0 Å². The van der Waals surface area contributed by atoms with Gasteiger partial charge in [-0.25, -0.2) is 0 Å². The Morgan fingerprint density at radius 3 is 2.34 bits per heavy atom. The average molecular weight is 392 g/mol. The molecule has 0 aliphatic carbocycles. The van der Waals surface area contributed by atoms with Crippen molar-refractivity contribution in [1.29, 1.82) is 0 Å². The van der Waals surface area contributed by atoms with Crippen LogP contribution in [0.1, 0.15) is 39.7 Å². The molecular formula is C24H24O5. The first-order valence-corrected chi connectivity index (χ1v) is 9.52. The molecule has 1 heterocycles. The van der Waals surface area contributed by atoms with Gasteiger partial charge in [0.2, 0.25) is 0 Å². The van der Waals surface area contributed by atoms with Gasteiger partial charge >= 0.3 is 0 Å². The van der Waals surface area contributed by atoms with Crippen LogP contribution in [0.2, 0.25) is 0 Å². The van der Waals surface area contributed by atoms with Gasteiger partial charge in [0.15, 0.2) is 11.5 Å². The molecule has 0 bridgehead atoms. The summed E-state index contributed by atoms with van der Waals surface area (Å²) in [6.45, 7) is 4.10. The molecule has 0 radical (unpaired) electrons. The minimum atomic E-state index is -0.0488. The molecule has 0 spiro atoms. The molecule has 5 heteroatoms. The summed E-state index contributed by atoms with van der Waals surface area (Å²) in [4.78, 5) is 0. The van der Waals surface area contributed by atoms with Gasteiger partial charge in [-0.3, -0.25) is 0 Å². The number of phenols is 3. The molecule has 150 valence electrons. The molecule has 0 fully saturated rings. The maximum absolute atomic E-state index is 10.2. The molecule has 3 aromatic carbocycles. The molecular weight excluding hydrogens is 368 g/mol. The van der Waals surface area contributed by atoms with Crippen LogP contribution in [0.5, 0.6) is 28.7 Å². The normalized spacial score (nSPS) is 18.0. The summed E-state index contributed by atoms with van der Waals surface area (Å²) < 4.78 is 11.5. The van der Waals surface area contributed by atoms with Gasteiger partial charge in [0.25, 0.3) is 0 Å². The van der Waals surface area contributed by atoms with Crippen LogP contribution in [0.15, 0.2) is 48.5 Å². The highest BCUT2D eigenvalue weighted by molar-refractivity contribution is 5.57. The summed E-state index contributed by atoms with van der Waals surface area (Å²) in [6.07, 6.45) is 0. The fourth-order valence-corrected chi connectivity index (χ4v) is 4.15. The van der Waals surface area contributed by atoms with Crippen molar-refractivity contribution >= 4 is 0 Å². The Bertz CT molecular complexity index is 1060. The largest absolute Gasteiger partial charge is 0.508 e. The number of aromatic hydroxyl groups is 3. The zero-order chi connectivity index (χ0) is 20.7. The monoisotopic (exact) mass is 392 g/mol. The maximum Gasteiger partial charge on any atom is 0.161 e. The van der Waals surface area contributed by atoms with E-state index in [2.05, 4.69) is 0 Å². The van der Waals surface area contributed by atoms with E-state index in [0.29, 0.717) is 23.7 Å². The van der Waals surface area contributed by atoms with Gasteiger partial charge in [-0.15, -0.1) is 0 Å². The average Bonchev–Trinajstić information content (AvgIpc) is 2.72. The second-order valence-electron chi connectivity index (χ2n) is 7.50. The van der Waals surface area contributed by atoms with Crippen molar-refractivity contribution in [2.24, 2.45) is 0 Å². The Kier molecular flexibility index (Phi) is 4.74. The van der Waals surface area contributed by atoms with E-state index in [1.165, 1.54) is 7.11 Å². The Morgan fingerprint density at radius 2 is 1.66 bits per heavy atom. The highest BCUT2D eigenvalue weighted by Gasteiger charge is 2.35. The molecule has 0 saturated heterocycles. The van der Waals surface area contributed by atoms with Gasteiger partial charge in [0.05, 0.1) is 13.7 Å². The summed E-state index contributed by atoms with van der Waals surface area (Å²) >= 11 is 0. The molecule has 0 amide bonds. The number of ether oxygens (including phenoxy) is 2. The Hall–Kier alpha value is -3.34. The SMILES string of the molecule is COc1cc([C@H]2COc3c(ccc(O)c3C)[C@@H]2c2ccc(O)cc2)cc(C)c1O. The van der Waals surface area contributed by atoms with Crippen LogP contribution in [0.4, 0.5) is 0 Å². The standard InChI is InChI=1S/C24H24O5/c1-13-10-16(11-21(28-3)23(13)27)19-12-29-24-14(2)20(26)9-8-18(24)22(19)15-4-6-17(25)7-5-15/h4-11,19,22,25-27H,12H2,1-3H3/t19-,22+/m1/s1. The minimum absolute atomic E-state index is 0.0378. The van der Waals surface area contributed by atoms with E-state index in [-0.39, 0.29) is 29.1 Å². The number of fused-ring (bicyclic) bond motifs is 1. The molecule has 0 unspecified atom stereocenters. The van der Waals surface area contributed by atoms with Gasteiger partial charge in [-0.1, -0.05) is 24.3 Å². The number of methoxy groups -OCH3 is 1. The summed E-state index contributed by atoms with van der Waals surface area (Å²) in [6, 6.07) is 14.6. The molecule has 29 heavy (non-hydrogen) atoms. The predicted molar refractivity (Wildman–Crippen MR) is 110 cm³/mol. The first-order chi connectivity index (χ1) is 13.9. The van der Waals surface area contributed by atoms with Crippen LogP contribution in [0.3, 0.4) is 0 Å². The van der Waals surface area contributed by atoms with Crippen molar-refractivity contribution in [2.75, 3.05) is 13.7 Å². The van der Waals surface area contributed by atoms with Crippen molar-refractivity contribution in [3.63, 3.8) is 0 Å². The Morgan fingerprint density at radius 1 is 0.931 bits per heavy atom. The van der Waals surface area contributed by atoms with Crippen LogP contribution < -0.4 is 9.47 Å². The van der Waals surface area contributed by atoms with Gasteiger partial charge in [0, 0.05) is 23.0 Å². The molecule has 3 aromatic rings. The maximum atomic E-state index is 10.2. The van der Waals surface area contributed by atoms with E-state index in [1.807, 2.05) is 44.2 Å². The molecule has 1 aliphatic rings. The van der Waals surface area contributed by atoms with Crippen molar-refractivity contribution in [2.45, 2.75) is 25.7 Å². The van der Waals surface area contributed by atoms with Crippen LogP contribution in [-0.2, 0) is 0 Å². The lowest BCUT2D eigenvalue weighted by Crippen LogP contribution is -2.26. The predicted octanol–water partition coefficient (Wildman–Crippen LogP) is 4.74. The van der Waals surface area contributed by atoms with Crippen LogP contribution in [-0.4, -0.2) is 29.0 Å². The smallest absolute Gasteiger partial charge is 0.161 e. The highest BCUT2D eigenvalue weighted by atomic mass is 16.5. The van der Waals surface area contributed by atoms with E-state index in [9.17, 15) is 15.3 Å². The lowest BCUT2D eigenvalue weighted by molar-refractivity contribution is 0.245. The summed E-state index contributed by atoms with van der Waals surface area (Å²) in [5.74, 6) is 1.58. The number of benzene rings is 3. The van der Waals surface area contributed by atoms with E-state index < -0.39 is 0 Å². The molecule has 2 atom stereocenters. The third-order valence-electron chi connectivity index (χ3n) is 5.74. The number of aryl methyl sites for hydroxylation is 1. The van der Waals surface area contributed by atoms with E-state index in [4.69, 9.17) is 9.47 Å². The van der Waals surface area contributed by atoms with Crippen molar-refractivity contribution < 1.29 is 24.8 Å². The first kappa shape index (κ1) is 19.0. The third kappa shape index (κ3) is 3.23. The van der Waals surface area contributed by atoms with Crippen molar-refractivity contribution in [3.05, 3.63) is 76.3 Å². The number of hydrogen-bond acceptors (Lipinski definition) is 5. The summed E-state index contributed by atoms with van der Waals surface area (Å²) in [5.41, 5.74) is 4.45. The fourth-order valence-electron chi connectivity index (χ4n) is 4.15. The molecule has 3 N–H and O–H groups in total. The number of phenolic OH excluding ortho intramolecular Hbond substituents is 3. The van der Waals surface area contributed by atoms with Gasteiger partial charge < -0.3 is 24.8 Å². The zero-order valence-electron chi connectivity index (χ0n) is 16.6. The summed E-state index contributed by atoms with van der Waals surface area (Å²) in [7, 11) is 1.54. The van der Waals surface area contributed by atoms with Crippen LogP contribution in [0, 0.1) is 13.8 Å². The Balaban J connectivity index is 1.90. The molecule has 1 aliphatic heterocycles. The Labute approximate surface area is 169 Å².